The molecule has 446 valence electrons. The lowest BCUT2D eigenvalue weighted by Crippen LogP contribution is -2.38. The number of carbonyl (C=O) groups is 6. The van der Waals surface area contributed by atoms with Gasteiger partial charge in [-0.15, -0.1) is 0 Å². The first-order chi connectivity index (χ1) is 40.4. The van der Waals surface area contributed by atoms with Gasteiger partial charge in [-0.3, -0.25) is 24.0 Å². The number of aromatic nitrogens is 4. The summed E-state index contributed by atoms with van der Waals surface area (Å²) in [4.78, 5) is 90.1. The predicted molar refractivity (Wildman–Crippen MR) is 311 cm³/mol. The van der Waals surface area contributed by atoms with Crippen molar-refractivity contribution in [3.8, 4) is 34.9 Å². The number of likely N-dealkylation sites (tertiary alicyclic amines) is 2. The van der Waals surface area contributed by atoms with Crippen LogP contribution in [0.4, 0.5) is 13.2 Å². The van der Waals surface area contributed by atoms with Gasteiger partial charge in [-0.05, 0) is 135 Å². The van der Waals surface area contributed by atoms with Gasteiger partial charge in [-0.25, -0.2) is 14.8 Å². The number of hydrogen-bond donors (Lipinski definition) is 4. The number of halogens is 3. The summed E-state index contributed by atoms with van der Waals surface area (Å²) < 4.78 is 35.7. The van der Waals surface area contributed by atoms with E-state index in [1.54, 1.807) is 6.92 Å². The van der Waals surface area contributed by atoms with Gasteiger partial charge < -0.3 is 39.8 Å². The van der Waals surface area contributed by atoms with E-state index in [0.717, 1.165) is 151 Å². The molecule has 4 aromatic carbocycles. The number of benzene rings is 4. The molecule has 2 saturated heterocycles. The summed E-state index contributed by atoms with van der Waals surface area (Å²) in [6, 6.07) is 28.3. The summed E-state index contributed by atoms with van der Waals surface area (Å²) in [6.45, 7) is 18.4. The van der Waals surface area contributed by atoms with Crippen LogP contribution in [0, 0.1) is 50.4 Å². The van der Waals surface area contributed by atoms with E-state index in [1.165, 1.54) is 30.7 Å². The number of esters is 2. The number of rotatable bonds is 6. The number of carbonyl (C=O) groups excluding carboxylic acids is 5. The number of imidazole rings is 2. The van der Waals surface area contributed by atoms with Crippen molar-refractivity contribution in [2.24, 2.45) is 0 Å². The molecule has 6 heterocycles. The highest BCUT2D eigenvalue weighted by atomic mass is 19.4. The number of alkyl halides is 3. The molecule has 2 aromatic heterocycles. The van der Waals surface area contributed by atoms with Gasteiger partial charge in [-0.1, -0.05) is 36.4 Å². The average molecular weight is 1170 g/mol. The Hall–Kier alpha value is -8.95. The number of H-pyrrole nitrogens is 2. The molecular formula is C64H71F3N10O8. The van der Waals surface area contributed by atoms with Crippen molar-refractivity contribution in [1.29, 1.82) is 10.5 Å². The normalized spacial score (nSPS) is 15.2. The summed E-state index contributed by atoms with van der Waals surface area (Å²) in [5.41, 5.74) is 16.0. The minimum absolute atomic E-state index is 0.0715. The Bertz CT molecular complexity index is 3450. The number of nitrogens with one attached hydrogen (secondary N) is 3. The zero-order valence-corrected chi connectivity index (χ0v) is 49.0. The molecule has 85 heavy (non-hydrogen) atoms. The average Bonchev–Trinajstić information content (AvgIpc) is 4.15. The molecule has 2 fully saturated rings. The Morgan fingerprint density at radius 3 is 1.33 bits per heavy atom. The second-order valence-electron chi connectivity index (χ2n) is 21.7. The van der Waals surface area contributed by atoms with E-state index in [4.69, 9.17) is 30.4 Å². The van der Waals surface area contributed by atoms with Crippen LogP contribution in [0.25, 0.3) is 22.8 Å². The molecule has 6 aromatic rings. The lowest BCUT2D eigenvalue weighted by atomic mass is 9.88. The standard InChI is InChI=1S/C30H33N5O2.C28H31N5O.C4H6O3.C2HF3O2/c1-19-16-20(2)26(17-25(19)29-32-27-10-14-34(21(3)36)15-11-28(27)33-29)30(37)35-12-8-24(9-13-35)23-6-4-22(18-31)5-7-23;1-18-15-19(2)24(16-23(18)27-31-25-7-11-30-12-8-26(25)32-27)28(34)33-13-9-22(10-14-33)21-5-3-20(17-29)4-6-21;1-3(5)7-4(2)6;3-2(4,5)1(6)7/h4-7,16-17,24H,8-15H2,1-3H3,(H,32,33);3-6,15-16,22,30H,7-14H2,1-2H3,(H,31,32);1-2H3;(H,6,7). The van der Waals surface area contributed by atoms with Crippen molar-refractivity contribution >= 4 is 35.6 Å². The fraction of sp³-hybridized carbons (Fsp3) is 0.406. The van der Waals surface area contributed by atoms with Crippen LogP contribution in [0.1, 0.15) is 146 Å². The van der Waals surface area contributed by atoms with Gasteiger partial charge in [0.05, 0.1) is 34.7 Å². The fourth-order valence-electron chi connectivity index (χ4n) is 11.1. The molecule has 3 amide bonds. The van der Waals surface area contributed by atoms with Crippen LogP contribution in [0.2, 0.25) is 0 Å². The van der Waals surface area contributed by atoms with E-state index in [0.29, 0.717) is 49.1 Å². The first-order valence-corrected chi connectivity index (χ1v) is 28.4. The van der Waals surface area contributed by atoms with Crippen LogP contribution in [0.5, 0.6) is 0 Å². The summed E-state index contributed by atoms with van der Waals surface area (Å²) in [5, 5.41) is 28.6. The lowest BCUT2D eigenvalue weighted by molar-refractivity contribution is -0.192. The second kappa shape index (κ2) is 28.6. The first kappa shape index (κ1) is 63.6. The number of amides is 3. The summed E-state index contributed by atoms with van der Waals surface area (Å²) in [5.74, 6) is -1.10. The van der Waals surface area contributed by atoms with E-state index in [-0.39, 0.29) is 17.7 Å². The number of aromatic amines is 2. The number of nitriles is 2. The van der Waals surface area contributed by atoms with Crippen molar-refractivity contribution in [2.45, 2.75) is 118 Å². The Kier molecular flexibility index (Phi) is 21.4. The Morgan fingerprint density at radius 1 is 0.565 bits per heavy atom. The number of carboxylic acid groups (broad SMARTS) is 1. The van der Waals surface area contributed by atoms with Crippen LogP contribution in [-0.2, 0) is 49.6 Å². The Morgan fingerprint density at radius 2 is 0.953 bits per heavy atom. The van der Waals surface area contributed by atoms with E-state index < -0.39 is 24.1 Å². The van der Waals surface area contributed by atoms with Gasteiger partial charge in [0.1, 0.15) is 11.6 Å². The quantitative estimate of drug-likeness (QED) is 0.0896. The molecule has 0 atom stereocenters. The monoisotopic (exact) mass is 1160 g/mol. The summed E-state index contributed by atoms with van der Waals surface area (Å²) in [7, 11) is 0. The topological polar surface area (TPSA) is 259 Å². The SMILES string of the molecule is CC(=O)N1CCc2nc(-c3cc(C(=O)N4CCC(c5ccc(C#N)cc5)CC4)c(C)cc3C)[nH]c2CC1.CC(=O)OC(C)=O.Cc1cc(C)c(-c2nc3c([nH]2)CCNCC3)cc1C(=O)N1CCC(c2ccc(C#N)cc2)CC1.O=C(O)C(F)(F)F. The first-order valence-electron chi connectivity index (χ1n) is 28.4. The predicted octanol–water partition coefficient (Wildman–Crippen LogP) is 9.53. The highest BCUT2D eigenvalue weighted by molar-refractivity contribution is 5.98. The van der Waals surface area contributed by atoms with Gasteiger partial charge >= 0.3 is 24.1 Å². The second-order valence-corrected chi connectivity index (χ2v) is 21.7. The minimum atomic E-state index is -5.08. The van der Waals surface area contributed by atoms with Crippen molar-refractivity contribution < 1.29 is 51.8 Å². The van der Waals surface area contributed by atoms with Gasteiger partial charge in [0.25, 0.3) is 11.8 Å². The van der Waals surface area contributed by atoms with Crippen LogP contribution in [0.3, 0.4) is 0 Å². The number of carboxylic acids is 1. The van der Waals surface area contributed by atoms with Gasteiger partial charge in [-0.2, -0.15) is 23.7 Å². The number of aryl methyl sites for hydroxylation is 4. The number of ether oxygens (including phenoxy) is 1. The Labute approximate surface area is 492 Å². The lowest BCUT2D eigenvalue weighted by Gasteiger charge is -2.32. The molecule has 0 saturated carbocycles. The molecule has 10 rings (SSSR count). The van der Waals surface area contributed by atoms with Crippen LogP contribution >= 0.6 is 0 Å². The van der Waals surface area contributed by atoms with Gasteiger partial charge in [0.2, 0.25) is 5.91 Å². The fourth-order valence-corrected chi connectivity index (χ4v) is 11.1. The molecule has 21 heteroatoms. The van der Waals surface area contributed by atoms with Crippen molar-refractivity contribution in [3.05, 3.63) is 151 Å². The van der Waals surface area contributed by atoms with Crippen molar-refractivity contribution in [2.75, 3.05) is 52.4 Å². The van der Waals surface area contributed by atoms with Crippen molar-refractivity contribution in [3.63, 3.8) is 0 Å². The highest BCUT2D eigenvalue weighted by Crippen LogP contribution is 2.34. The summed E-state index contributed by atoms with van der Waals surface area (Å²) >= 11 is 0. The van der Waals surface area contributed by atoms with E-state index in [2.05, 4.69) is 70.3 Å². The van der Waals surface area contributed by atoms with E-state index >= 15 is 0 Å². The van der Waals surface area contributed by atoms with Crippen LogP contribution in [0.15, 0.2) is 72.8 Å². The Balaban J connectivity index is 0.000000199. The van der Waals surface area contributed by atoms with Crippen LogP contribution < -0.4 is 5.32 Å². The zero-order chi connectivity index (χ0) is 61.7. The summed E-state index contributed by atoms with van der Waals surface area (Å²) in [6.07, 6.45) is 1.99. The van der Waals surface area contributed by atoms with E-state index in [9.17, 15) is 37.1 Å². The molecule has 18 nitrogen and oxygen atoms in total. The maximum Gasteiger partial charge on any atom is 0.490 e. The van der Waals surface area contributed by atoms with Crippen LogP contribution in [-0.4, -0.2) is 134 Å². The number of nitrogens with zero attached hydrogens (tertiary/aromatic N) is 7. The maximum atomic E-state index is 13.6. The third-order valence-electron chi connectivity index (χ3n) is 15.7. The van der Waals surface area contributed by atoms with Gasteiger partial charge in [0, 0.05) is 132 Å². The molecule has 4 aliphatic heterocycles. The smallest absolute Gasteiger partial charge is 0.475 e. The zero-order valence-electron chi connectivity index (χ0n) is 49.0. The number of aliphatic carboxylic acids is 1. The number of fused-ring (bicyclic) bond motifs is 2. The highest BCUT2D eigenvalue weighted by Gasteiger charge is 2.38. The third-order valence-corrected chi connectivity index (χ3v) is 15.7. The third kappa shape index (κ3) is 16.7. The molecule has 0 spiro atoms. The molecule has 4 aliphatic rings. The van der Waals surface area contributed by atoms with Gasteiger partial charge in [0.15, 0.2) is 0 Å². The minimum Gasteiger partial charge on any atom is -0.475 e. The largest absolute Gasteiger partial charge is 0.490 e. The maximum absolute atomic E-state index is 13.6. The van der Waals surface area contributed by atoms with Crippen molar-refractivity contribution in [1.82, 2.24) is 40.0 Å². The molecule has 0 bridgehead atoms. The molecule has 0 radical (unpaired) electrons. The molecule has 4 N–H and O–H groups in total. The van der Waals surface area contributed by atoms with E-state index in [1.807, 2.05) is 77.1 Å². The molecule has 0 aliphatic carbocycles. The molecular weight excluding hydrogens is 1090 g/mol. The molecule has 0 unspecified atom stereocenters. The number of piperidine rings is 2. The number of hydrogen-bond acceptors (Lipinski definition) is 12.